The van der Waals surface area contributed by atoms with Gasteiger partial charge in [0.2, 0.25) is 0 Å². The predicted molar refractivity (Wildman–Crippen MR) is 115 cm³/mol. The highest BCUT2D eigenvalue weighted by Gasteiger charge is 2.35. The average Bonchev–Trinajstić information content (AvgIpc) is 3.22. The third-order valence-corrected chi connectivity index (χ3v) is 6.74. The molecule has 2 amide bonds. The number of hydrogen-bond acceptors (Lipinski definition) is 4. The minimum absolute atomic E-state index is 0.132. The van der Waals surface area contributed by atoms with Crippen molar-refractivity contribution in [2.45, 2.75) is 32.8 Å². The lowest BCUT2D eigenvalue weighted by molar-refractivity contribution is -0.120. The van der Waals surface area contributed by atoms with Gasteiger partial charge in [0.1, 0.15) is 0 Å². The summed E-state index contributed by atoms with van der Waals surface area (Å²) in [6, 6.07) is 3.96. The van der Waals surface area contributed by atoms with Gasteiger partial charge in [0.25, 0.3) is 11.8 Å². The Hall–Kier alpha value is -2.02. The highest BCUT2D eigenvalue weighted by Crippen LogP contribution is 2.39. The van der Waals surface area contributed by atoms with Crippen LogP contribution in [0.25, 0.3) is 0 Å². The molecule has 3 aliphatic heterocycles. The van der Waals surface area contributed by atoms with Gasteiger partial charge >= 0.3 is 0 Å². The number of aliphatic imine (C=N–C) groups is 1. The van der Waals surface area contributed by atoms with E-state index in [0.717, 1.165) is 23.1 Å². The molecule has 0 saturated carbocycles. The fourth-order valence-electron chi connectivity index (χ4n) is 4.70. The number of nitrogens with zero attached hydrogens (tertiary/aromatic N) is 2. The smallest absolute Gasteiger partial charge is 0.255 e. The zero-order valence-corrected chi connectivity index (χ0v) is 18.4. The number of hydrogen-bond donors (Lipinski definition) is 0. The van der Waals surface area contributed by atoms with Crippen LogP contribution in [0.5, 0.6) is 0 Å². The van der Waals surface area contributed by atoms with Crippen LogP contribution in [0.4, 0.5) is 0 Å². The Bertz CT molecular complexity index is 933. The van der Waals surface area contributed by atoms with Crippen LogP contribution in [0.2, 0.25) is 5.02 Å². The normalized spacial score (nSPS) is 25.1. The van der Waals surface area contributed by atoms with E-state index in [2.05, 4.69) is 4.99 Å². The summed E-state index contributed by atoms with van der Waals surface area (Å²) >= 11 is 6.79. The lowest BCUT2D eigenvalue weighted by Gasteiger charge is -2.33. The molecule has 3 heterocycles. The summed E-state index contributed by atoms with van der Waals surface area (Å²) in [4.78, 5) is 31.6. The Kier molecular flexibility index (Phi) is 6.09. The minimum Gasteiger partial charge on any atom is -0.381 e. The first-order valence-electron chi connectivity index (χ1n) is 10.4. The van der Waals surface area contributed by atoms with E-state index in [1.54, 1.807) is 12.0 Å². The molecule has 6 nitrogen and oxygen atoms in total. The van der Waals surface area contributed by atoms with Gasteiger partial charge in [0.15, 0.2) is 0 Å². The van der Waals surface area contributed by atoms with E-state index >= 15 is 0 Å². The van der Waals surface area contributed by atoms with Crippen molar-refractivity contribution in [3.8, 4) is 0 Å². The van der Waals surface area contributed by atoms with Gasteiger partial charge in [-0.2, -0.15) is 0 Å². The Morgan fingerprint density at radius 2 is 2.13 bits per heavy atom. The van der Waals surface area contributed by atoms with Gasteiger partial charge in [-0.1, -0.05) is 29.3 Å². The number of carbonyl (C=O) groups excluding carboxylic acids is 2. The van der Waals surface area contributed by atoms with Gasteiger partial charge in [0, 0.05) is 44.0 Å². The third-order valence-electron chi connectivity index (χ3n) is 6.34. The molecule has 0 N–H and O–H groups in total. The van der Waals surface area contributed by atoms with Crippen molar-refractivity contribution in [1.29, 1.82) is 0 Å². The SMILES string of the molecule is COC(c1ccc2c(c1Cl)C(=O)N(CC1C(=O)N=C(C)C=C1C)CC2)C1CCOC1. The van der Waals surface area contributed by atoms with Crippen LogP contribution in [0.3, 0.4) is 0 Å². The summed E-state index contributed by atoms with van der Waals surface area (Å²) < 4.78 is 11.3. The van der Waals surface area contributed by atoms with Crippen molar-refractivity contribution in [2.24, 2.45) is 16.8 Å². The highest BCUT2D eigenvalue weighted by atomic mass is 35.5. The molecule has 4 rings (SSSR count). The van der Waals surface area contributed by atoms with E-state index in [0.29, 0.717) is 49.0 Å². The molecule has 0 radical (unpaired) electrons. The number of amides is 2. The number of methoxy groups -OCH3 is 1. The van der Waals surface area contributed by atoms with E-state index in [4.69, 9.17) is 21.1 Å². The van der Waals surface area contributed by atoms with Gasteiger partial charge in [-0.05, 0) is 38.3 Å². The quantitative estimate of drug-likeness (QED) is 0.715. The van der Waals surface area contributed by atoms with Crippen molar-refractivity contribution < 1.29 is 19.1 Å². The van der Waals surface area contributed by atoms with Crippen molar-refractivity contribution in [1.82, 2.24) is 4.90 Å². The topological polar surface area (TPSA) is 68.2 Å². The van der Waals surface area contributed by atoms with Crippen LogP contribution in [-0.4, -0.2) is 55.8 Å². The highest BCUT2D eigenvalue weighted by molar-refractivity contribution is 6.35. The average molecular weight is 431 g/mol. The molecule has 1 aromatic rings. The molecule has 3 atom stereocenters. The van der Waals surface area contributed by atoms with Crippen molar-refractivity contribution in [3.63, 3.8) is 0 Å². The maximum Gasteiger partial charge on any atom is 0.255 e. The summed E-state index contributed by atoms with van der Waals surface area (Å²) in [5.74, 6) is -0.503. The molecule has 160 valence electrons. The second-order valence-electron chi connectivity index (χ2n) is 8.32. The second kappa shape index (κ2) is 8.61. The number of dihydropyridines is 1. The molecule has 1 aromatic carbocycles. The van der Waals surface area contributed by atoms with Crippen molar-refractivity contribution in [2.75, 3.05) is 33.4 Å². The van der Waals surface area contributed by atoms with Gasteiger partial charge in [-0.25, -0.2) is 4.99 Å². The fourth-order valence-corrected chi connectivity index (χ4v) is 5.07. The maximum atomic E-state index is 13.4. The van der Waals surface area contributed by atoms with E-state index < -0.39 is 5.92 Å². The number of benzene rings is 1. The van der Waals surface area contributed by atoms with E-state index in [1.165, 1.54) is 0 Å². The number of rotatable bonds is 5. The largest absolute Gasteiger partial charge is 0.381 e. The molecule has 1 fully saturated rings. The number of fused-ring (bicyclic) bond motifs is 1. The predicted octanol–water partition coefficient (Wildman–Crippen LogP) is 3.63. The van der Waals surface area contributed by atoms with Gasteiger partial charge in [-0.15, -0.1) is 0 Å². The molecule has 0 bridgehead atoms. The van der Waals surface area contributed by atoms with Crippen LogP contribution >= 0.6 is 11.6 Å². The van der Waals surface area contributed by atoms with E-state index in [9.17, 15) is 9.59 Å². The molecule has 0 spiro atoms. The fraction of sp³-hybridized carbons (Fsp3) is 0.522. The number of allylic oxidation sites excluding steroid dienone is 1. The van der Waals surface area contributed by atoms with Crippen LogP contribution in [0, 0.1) is 11.8 Å². The lowest BCUT2D eigenvalue weighted by Crippen LogP contribution is -2.43. The summed E-state index contributed by atoms with van der Waals surface area (Å²) in [7, 11) is 1.67. The molecule has 7 heteroatoms. The molecule has 30 heavy (non-hydrogen) atoms. The third kappa shape index (κ3) is 3.84. The first-order valence-corrected chi connectivity index (χ1v) is 10.8. The first kappa shape index (κ1) is 21.2. The number of carbonyl (C=O) groups is 2. The van der Waals surface area contributed by atoms with E-state index in [1.807, 2.05) is 32.1 Å². The van der Waals surface area contributed by atoms with E-state index in [-0.39, 0.29) is 23.8 Å². The standard InChI is InChI=1S/C23H27ClN2O4/c1-13-10-14(2)25-22(27)18(13)11-26-8-6-15-4-5-17(20(24)19(15)23(26)28)21(29-3)16-7-9-30-12-16/h4-5,10,16,18,21H,6-9,11-12H2,1-3H3. The lowest BCUT2D eigenvalue weighted by atomic mass is 9.89. The van der Waals surface area contributed by atoms with Crippen LogP contribution in [0.1, 0.15) is 47.9 Å². The number of halogens is 1. The zero-order chi connectivity index (χ0) is 21.4. The first-order chi connectivity index (χ1) is 14.4. The molecule has 3 aliphatic rings. The van der Waals surface area contributed by atoms with Crippen LogP contribution in [0.15, 0.2) is 28.8 Å². The second-order valence-corrected chi connectivity index (χ2v) is 8.69. The summed E-state index contributed by atoms with van der Waals surface area (Å²) in [6.07, 6.45) is 3.31. The Labute approximate surface area is 181 Å². The molecule has 0 aromatic heterocycles. The van der Waals surface area contributed by atoms with Gasteiger partial charge in [-0.3, -0.25) is 9.59 Å². The molecule has 0 aliphatic carbocycles. The Balaban J connectivity index is 1.61. The molecular weight excluding hydrogens is 404 g/mol. The molecule has 3 unspecified atom stereocenters. The van der Waals surface area contributed by atoms with Crippen molar-refractivity contribution >= 4 is 29.1 Å². The molecular formula is C23H27ClN2O4. The zero-order valence-electron chi connectivity index (χ0n) is 17.6. The summed E-state index contributed by atoms with van der Waals surface area (Å²) in [5, 5.41) is 0.456. The Morgan fingerprint density at radius 3 is 2.80 bits per heavy atom. The minimum atomic E-state index is -0.400. The summed E-state index contributed by atoms with van der Waals surface area (Å²) in [6.45, 7) is 5.95. The van der Waals surface area contributed by atoms with Crippen molar-refractivity contribution in [3.05, 3.63) is 45.5 Å². The van der Waals surface area contributed by atoms with Gasteiger partial charge in [0.05, 0.1) is 29.2 Å². The molecule has 1 saturated heterocycles. The Morgan fingerprint density at radius 1 is 1.33 bits per heavy atom. The number of ether oxygens (including phenoxy) is 2. The monoisotopic (exact) mass is 430 g/mol. The van der Waals surface area contributed by atoms with Crippen LogP contribution in [-0.2, 0) is 20.7 Å². The van der Waals surface area contributed by atoms with Crippen LogP contribution < -0.4 is 0 Å². The summed E-state index contributed by atoms with van der Waals surface area (Å²) in [5.41, 5.74) is 3.95. The van der Waals surface area contributed by atoms with Gasteiger partial charge < -0.3 is 14.4 Å². The maximum absolute atomic E-state index is 13.4.